The van der Waals surface area contributed by atoms with E-state index in [-0.39, 0.29) is 18.5 Å². The molecule has 0 bridgehead atoms. The summed E-state index contributed by atoms with van der Waals surface area (Å²) in [5, 5.41) is 3.45. The van der Waals surface area contributed by atoms with Gasteiger partial charge in [0, 0.05) is 17.6 Å². The summed E-state index contributed by atoms with van der Waals surface area (Å²) in [7, 11) is -3.34. The maximum atomic E-state index is 11.5. The molecule has 1 saturated heterocycles. The average Bonchev–Trinajstić information content (AvgIpc) is 2.30. The Labute approximate surface area is 117 Å². The van der Waals surface area contributed by atoms with Crippen LogP contribution in [0.3, 0.4) is 0 Å². The molecule has 5 nitrogen and oxygen atoms in total. The SMILES string of the molecule is CS(=O)(=O)N1CC(=O)N[C@@H](Cc2ccc(Cl)cc2)C1. The number of nitrogens with one attached hydrogen (secondary N) is 1. The van der Waals surface area contributed by atoms with Crippen molar-refractivity contribution in [3.63, 3.8) is 0 Å². The number of hydrogen-bond acceptors (Lipinski definition) is 3. The van der Waals surface area contributed by atoms with E-state index in [9.17, 15) is 13.2 Å². The molecule has 1 atom stereocenters. The van der Waals surface area contributed by atoms with Crippen molar-refractivity contribution in [3.05, 3.63) is 34.9 Å². The monoisotopic (exact) mass is 302 g/mol. The Bertz CT molecular complexity index is 571. The molecule has 1 amide bonds. The Hall–Kier alpha value is -1.11. The molecule has 0 radical (unpaired) electrons. The van der Waals surface area contributed by atoms with Crippen molar-refractivity contribution in [3.8, 4) is 0 Å². The highest BCUT2D eigenvalue weighted by molar-refractivity contribution is 7.88. The number of hydrogen-bond donors (Lipinski definition) is 1. The van der Waals surface area contributed by atoms with Gasteiger partial charge in [-0.2, -0.15) is 4.31 Å². The highest BCUT2D eigenvalue weighted by Gasteiger charge is 2.29. The van der Waals surface area contributed by atoms with Crippen LogP contribution in [0.2, 0.25) is 5.02 Å². The highest BCUT2D eigenvalue weighted by atomic mass is 35.5. The Morgan fingerprint density at radius 1 is 1.37 bits per heavy atom. The Morgan fingerprint density at radius 3 is 2.58 bits per heavy atom. The van der Waals surface area contributed by atoms with Crippen LogP contribution in [0.15, 0.2) is 24.3 Å². The zero-order chi connectivity index (χ0) is 14.0. The zero-order valence-electron chi connectivity index (χ0n) is 10.5. The second kappa shape index (κ2) is 5.48. The molecule has 1 aliphatic heterocycles. The van der Waals surface area contributed by atoms with E-state index >= 15 is 0 Å². The largest absolute Gasteiger partial charge is 0.351 e. The fourth-order valence-corrected chi connectivity index (χ4v) is 2.99. The van der Waals surface area contributed by atoms with Gasteiger partial charge in [0.25, 0.3) is 0 Å². The Kier molecular flexibility index (Phi) is 4.13. The van der Waals surface area contributed by atoms with Gasteiger partial charge in [0.2, 0.25) is 15.9 Å². The van der Waals surface area contributed by atoms with E-state index in [1.54, 1.807) is 12.1 Å². The molecular formula is C12H15ClN2O3S. The molecular weight excluding hydrogens is 288 g/mol. The molecule has 1 aliphatic rings. The van der Waals surface area contributed by atoms with Gasteiger partial charge in [-0.1, -0.05) is 23.7 Å². The van der Waals surface area contributed by atoms with E-state index in [4.69, 9.17) is 11.6 Å². The summed E-state index contributed by atoms with van der Waals surface area (Å²) in [6.45, 7) is 0.198. The lowest BCUT2D eigenvalue weighted by molar-refractivity contribution is -0.123. The maximum Gasteiger partial charge on any atom is 0.235 e. The molecule has 2 rings (SSSR count). The standard InChI is InChI=1S/C12H15ClN2O3S/c1-19(17,18)15-7-11(14-12(16)8-15)6-9-2-4-10(13)5-3-9/h2-5,11H,6-8H2,1H3,(H,14,16)/t11-/m0/s1. The van der Waals surface area contributed by atoms with E-state index in [1.807, 2.05) is 12.1 Å². The summed E-state index contributed by atoms with van der Waals surface area (Å²) in [4.78, 5) is 11.5. The smallest absolute Gasteiger partial charge is 0.235 e. The lowest BCUT2D eigenvalue weighted by Gasteiger charge is -2.31. The fraction of sp³-hybridized carbons (Fsp3) is 0.417. The number of halogens is 1. The lowest BCUT2D eigenvalue weighted by Crippen LogP contribution is -2.56. The molecule has 1 aromatic carbocycles. The second-order valence-electron chi connectivity index (χ2n) is 4.65. The number of rotatable bonds is 3. The molecule has 1 aromatic rings. The summed E-state index contributed by atoms with van der Waals surface area (Å²) in [6, 6.07) is 7.07. The number of benzene rings is 1. The third-order valence-corrected chi connectivity index (χ3v) is 4.44. The van der Waals surface area contributed by atoms with Crippen molar-refractivity contribution in [2.45, 2.75) is 12.5 Å². The molecule has 1 N–H and O–H groups in total. The van der Waals surface area contributed by atoms with Crippen LogP contribution in [0.1, 0.15) is 5.56 Å². The summed E-state index contributed by atoms with van der Waals surface area (Å²) < 4.78 is 24.2. The Balaban J connectivity index is 2.08. The predicted molar refractivity (Wildman–Crippen MR) is 73.5 cm³/mol. The highest BCUT2D eigenvalue weighted by Crippen LogP contribution is 2.13. The number of sulfonamides is 1. The van der Waals surface area contributed by atoms with E-state index < -0.39 is 10.0 Å². The zero-order valence-corrected chi connectivity index (χ0v) is 12.0. The first-order chi connectivity index (χ1) is 8.84. The van der Waals surface area contributed by atoms with Crippen LogP contribution in [-0.2, 0) is 21.2 Å². The van der Waals surface area contributed by atoms with Gasteiger partial charge in [-0.25, -0.2) is 8.42 Å². The van der Waals surface area contributed by atoms with Crippen LogP contribution in [0.5, 0.6) is 0 Å². The number of nitrogens with zero attached hydrogens (tertiary/aromatic N) is 1. The molecule has 1 heterocycles. The minimum Gasteiger partial charge on any atom is -0.351 e. The van der Waals surface area contributed by atoms with Gasteiger partial charge < -0.3 is 5.32 Å². The molecule has 0 unspecified atom stereocenters. The molecule has 0 aliphatic carbocycles. The molecule has 0 spiro atoms. The van der Waals surface area contributed by atoms with E-state index in [1.165, 1.54) is 4.31 Å². The van der Waals surface area contributed by atoms with Gasteiger partial charge in [0.1, 0.15) is 0 Å². The number of carbonyl (C=O) groups excluding carboxylic acids is 1. The van der Waals surface area contributed by atoms with Gasteiger partial charge in [-0.15, -0.1) is 0 Å². The van der Waals surface area contributed by atoms with Crippen LogP contribution in [0.25, 0.3) is 0 Å². The van der Waals surface area contributed by atoms with Crippen LogP contribution < -0.4 is 5.32 Å². The first-order valence-corrected chi connectivity index (χ1v) is 8.06. The summed E-state index contributed by atoms with van der Waals surface area (Å²) in [6.07, 6.45) is 1.69. The molecule has 7 heteroatoms. The topological polar surface area (TPSA) is 66.5 Å². The normalized spacial score (nSPS) is 21.2. The molecule has 104 valence electrons. The van der Waals surface area contributed by atoms with Crippen LogP contribution in [0, 0.1) is 0 Å². The van der Waals surface area contributed by atoms with E-state index in [0.29, 0.717) is 18.0 Å². The maximum absolute atomic E-state index is 11.5. The molecule has 0 saturated carbocycles. The van der Waals surface area contributed by atoms with Gasteiger partial charge in [0.15, 0.2) is 0 Å². The molecule has 0 aromatic heterocycles. The van der Waals surface area contributed by atoms with Crippen molar-refractivity contribution < 1.29 is 13.2 Å². The fourth-order valence-electron chi connectivity index (χ4n) is 2.06. The van der Waals surface area contributed by atoms with Gasteiger partial charge in [-0.05, 0) is 24.1 Å². The minimum absolute atomic E-state index is 0.101. The summed E-state index contributed by atoms with van der Waals surface area (Å²) in [5.74, 6) is -0.268. The van der Waals surface area contributed by atoms with E-state index in [0.717, 1.165) is 11.8 Å². The lowest BCUT2D eigenvalue weighted by atomic mass is 10.0. The van der Waals surface area contributed by atoms with Crippen molar-refractivity contribution in [1.82, 2.24) is 9.62 Å². The molecule has 19 heavy (non-hydrogen) atoms. The van der Waals surface area contributed by atoms with Crippen LogP contribution in [0.4, 0.5) is 0 Å². The Morgan fingerprint density at radius 2 is 2.00 bits per heavy atom. The summed E-state index contributed by atoms with van der Waals surface area (Å²) >= 11 is 5.80. The minimum atomic E-state index is -3.34. The van der Waals surface area contributed by atoms with Crippen LogP contribution in [-0.4, -0.2) is 44.0 Å². The van der Waals surface area contributed by atoms with Crippen molar-refractivity contribution in [2.24, 2.45) is 0 Å². The summed E-state index contributed by atoms with van der Waals surface area (Å²) in [5.41, 5.74) is 1.00. The number of piperazine rings is 1. The third kappa shape index (κ3) is 3.92. The van der Waals surface area contributed by atoms with Gasteiger partial charge in [0.05, 0.1) is 12.8 Å². The van der Waals surface area contributed by atoms with E-state index in [2.05, 4.69) is 5.32 Å². The van der Waals surface area contributed by atoms with Crippen molar-refractivity contribution in [1.29, 1.82) is 0 Å². The van der Waals surface area contributed by atoms with Crippen LogP contribution >= 0.6 is 11.6 Å². The quantitative estimate of drug-likeness (QED) is 0.891. The first-order valence-electron chi connectivity index (χ1n) is 5.83. The second-order valence-corrected chi connectivity index (χ2v) is 7.07. The van der Waals surface area contributed by atoms with Crippen molar-refractivity contribution >= 4 is 27.5 Å². The van der Waals surface area contributed by atoms with Gasteiger partial charge in [-0.3, -0.25) is 4.79 Å². The average molecular weight is 303 g/mol. The van der Waals surface area contributed by atoms with Gasteiger partial charge >= 0.3 is 0 Å². The number of amides is 1. The number of carbonyl (C=O) groups is 1. The molecule has 1 fully saturated rings. The van der Waals surface area contributed by atoms with Crippen molar-refractivity contribution in [2.75, 3.05) is 19.3 Å². The predicted octanol–water partition coefficient (Wildman–Crippen LogP) is 0.643. The third-order valence-electron chi connectivity index (χ3n) is 2.97. The first kappa shape index (κ1) is 14.3.